The number of hydrogen-bond acceptors (Lipinski definition) is 3. The molecule has 7 heteroatoms. The molecule has 0 aliphatic heterocycles. The first-order valence-electron chi connectivity index (χ1n) is 39.9. The van der Waals surface area contributed by atoms with Crippen LogP contribution in [0.2, 0.25) is 0 Å². The van der Waals surface area contributed by atoms with Gasteiger partial charge < -0.3 is 31.5 Å². The first kappa shape index (κ1) is 62.2. The third-order valence-corrected chi connectivity index (χ3v) is 26.0. The van der Waals surface area contributed by atoms with Gasteiger partial charge in [-0.2, -0.15) is 0 Å². The maximum Gasteiger partial charge on any atom is 0.143 e. The Hall–Kier alpha value is -15.4. The van der Waals surface area contributed by atoms with Crippen molar-refractivity contribution in [3.05, 3.63) is 398 Å². The molecule has 116 heavy (non-hydrogen) atoms. The Morgan fingerprint density at radius 3 is 1.22 bits per heavy atom. The van der Waals surface area contributed by atoms with Gasteiger partial charge in [0.1, 0.15) is 33.5 Å². The van der Waals surface area contributed by atoms with Crippen LogP contribution in [0, 0.1) is 0 Å². The van der Waals surface area contributed by atoms with Crippen molar-refractivity contribution in [3.63, 3.8) is 0 Å². The van der Waals surface area contributed by atoms with Crippen molar-refractivity contribution in [3.8, 4) is 78.4 Å². The van der Waals surface area contributed by atoms with Gasteiger partial charge in [0.15, 0.2) is 0 Å². The third-order valence-electron chi connectivity index (χ3n) is 26.0. The van der Waals surface area contributed by atoms with Crippen LogP contribution in [0.5, 0.6) is 0 Å². The van der Waals surface area contributed by atoms with Gasteiger partial charge in [0.2, 0.25) is 0 Å². The van der Waals surface area contributed by atoms with Crippen LogP contribution in [0.4, 0.5) is 0 Å². The second-order valence-corrected chi connectivity index (χ2v) is 31.6. The lowest BCUT2D eigenvalue weighted by molar-refractivity contribution is 0.668. The number of furan rings is 3. The monoisotopic (exact) mass is 1470 g/mol. The minimum atomic E-state index is -0.671. The SMILES string of the molecule is c1ccc(-n2c3ccccc3c3cc(-c4ccc5oc6cccc(-n7c8ccccc8c8cc9c(cc87)oc7c(-c8cccc%10c8-c8ccccc8C%108c%10ccccc%10-c%10c8ccc8c%11cc(-c%12ccc%13oc%14cccc(-n%15c%16ccccc%16c%16ccccc%16%15)c%14c%13c%12)ccc%11n(-c%11ccccc%11)c%108)cccc79)c6c5c4)ccc32)cc1. The molecule has 0 fully saturated rings. The summed E-state index contributed by atoms with van der Waals surface area (Å²) in [4.78, 5) is 0. The zero-order valence-corrected chi connectivity index (χ0v) is 62.3. The van der Waals surface area contributed by atoms with Crippen LogP contribution in [0.3, 0.4) is 0 Å². The van der Waals surface area contributed by atoms with Gasteiger partial charge in [-0.25, -0.2) is 0 Å². The predicted molar refractivity (Wildman–Crippen MR) is 478 cm³/mol. The Morgan fingerprint density at radius 1 is 0.198 bits per heavy atom. The Bertz CT molecular complexity index is 8620. The topological polar surface area (TPSA) is 59.1 Å². The highest BCUT2D eigenvalue weighted by Crippen LogP contribution is 2.66. The fourth-order valence-corrected chi connectivity index (χ4v) is 21.3. The number of benzene rings is 18. The zero-order chi connectivity index (χ0) is 75.3. The number of fused-ring (bicyclic) bond motifs is 32. The standard InChI is InChI=1S/C109H62N4O3/c1-3-23-67(24-4-1)110-89-39-15-11-29-71(89)79-57-63(47-53-93(79)110)65-49-55-99-84(59-65)106-96(44-22-46-101(106)115-99)113-92-42-18-12-30-72(92)81-61-82-76-35-19-34-75(108(76)116-102(82)62-97(81)113)73-33-20-38-87-103(73)77-31-7-13-36-85(77)109(87)86-37-14-8-32-78(86)104-88(109)52-51-74-80-58-64(48-54-94(80)111(107(74)104)68-25-5-2-6-26-68)66-50-56-98-83(60-66)105-95(43-21-45-100(105)114-98)112-90-40-16-9-27-69(90)70-28-10-17-41-91(70)112/h1-62H. The van der Waals surface area contributed by atoms with E-state index in [2.05, 4.69) is 394 Å². The summed E-state index contributed by atoms with van der Waals surface area (Å²) < 4.78 is 30.9. The molecule has 27 rings (SSSR count). The van der Waals surface area contributed by atoms with E-state index in [1.165, 1.54) is 104 Å². The van der Waals surface area contributed by atoms with Crippen LogP contribution in [-0.4, -0.2) is 18.3 Å². The quantitative estimate of drug-likeness (QED) is 0.160. The lowest BCUT2D eigenvalue weighted by atomic mass is 9.70. The van der Waals surface area contributed by atoms with Gasteiger partial charge in [-0.05, 0) is 194 Å². The lowest BCUT2D eigenvalue weighted by Crippen LogP contribution is -2.25. The van der Waals surface area contributed by atoms with E-state index in [-0.39, 0.29) is 0 Å². The molecule has 0 bridgehead atoms. The molecule has 7 heterocycles. The van der Waals surface area contributed by atoms with E-state index in [0.717, 1.165) is 149 Å². The molecule has 0 saturated heterocycles. The molecule has 2 aliphatic carbocycles. The van der Waals surface area contributed by atoms with Crippen molar-refractivity contribution < 1.29 is 13.3 Å². The van der Waals surface area contributed by atoms with Crippen LogP contribution in [-0.2, 0) is 5.41 Å². The average molecular weight is 1480 g/mol. The Balaban J connectivity index is 0.614. The van der Waals surface area contributed by atoms with Crippen molar-refractivity contribution in [1.82, 2.24) is 18.3 Å². The van der Waals surface area contributed by atoms with E-state index < -0.39 is 5.41 Å². The average Bonchev–Trinajstić information content (AvgIpc) is 1.49. The highest BCUT2D eigenvalue weighted by atomic mass is 16.3. The first-order chi connectivity index (χ1) is 57.6. The largest absolute Gasteiger partial charge is 0.456 e. The maximum atomic E-state index is 7.51. The fraction of sp³-hybridized carbons (Fsp3) is 0.00917. The maximum absolute atomic E-state index is 7.51. The summed E-state index contributed by atoms with van der Waals surface area (Å²) in [5.74, 6) is 0. The molecule has 0 radical (unpaired) electrons. The lowest BCUT2D eigenvalue weighted by Gasteiger charge is -2.30. The molecule has 25 aromatic rings. The molecule has 0 saturated carbocycles. The van der Waals surface area contributed by atoms with Gasteiger partial charge in [-0.15, -0.1) is 0 Å². The Labute approximate surface area is 662 Å². The van der Waals surface area contributed by atoms with Crippen molar-refractivity contribution >= 4 is 153 Å². The Morgan fingerprint density at radius 2 is 0.612 bits per heavy atom. The Kier molecular flexibility index (Phi) is 12.3. The van der Waals surface area contributed by atoms with Crippen molar-refractivity contribution in [1.29, 1.82) is 0 Å². The smallest absolute Gasteiger partial charge is 0.143 e. The molecule has 1 unspecified atom stereocenters. The molecular formula is C109H62N4O3. The summed E-state index contributed by atoms with van der Waals surface area (Å²) in [5.41, 5.74) is 34.7. The molecule has 0 N–H and O–H groups in total. The summed E-state index contributed by atoms with van der Waals surface area (Å²) in [5, 5.41) is 16.0. The van der Waals surface area contributed by atoms with Gasteiger partial charge in [-0.1, -0.05) is 243 Å². The molecule has 1 atom stereocenters. The van der Waals surface area contributed by atoms with Crippen LogP contribution in [0.15, 0.2) is 389 Å². The summed E-state index contributed by atoms with van der Waals surface area (Å²) in [6.45, 7) is 0. The molecule has 536 valence electrons. The van der Waals surface area contributed by atoms with Crippen molar-refractivity contribution in [2.24, 2.45) is 0 Å². The number of hydrogen-bond donors (Lipinski definition) is 0. The minimum Gasteiger partial charge on any atom is -0.456 e. The zero-order valence-electron chi connectivity index (χ0n) is 62.3. The summed E-state index contributed by atoms with van der Waals surface area (Å²) in [7, 11) is 0. The van der Waals surface area contributed by atoms with Gasteiger partial charge in [0.25, 0.3) is 0 Å². The summed E-state index contributed by atoms with van der Waals surface area (Å²) in [6, 6.07) is 139. The van der Waals surface area contributed by atoms with Crippen LogP contribution in [0.1, 0.15) is 22.3 Å². The minimum absolute atomic E-state index is 0.671. The summed E-state index contributed by atoms with van der Waals surface area (Å²) >= 11 is 0. The number of aromatic nitrogens is 4. The second-order valence-electron chi connectivity index (χ2n) is 31.6. The molecule has 2 aliphatic rings. The van der Waals surface area contributed by atoms with Crippen LogP contribution >= 0.6 is 0 Å². The van der Waals surface area contributed by atoms with E-state index >= 15 is 0 Å². The normalized spacial score (nSPS) is 13.9. The second kappa shape index (κ2) is 22.9. The van der Waals surface area contributed by atoms with Gasteiger partial charge in [-0.3, -0.25) is 0 Å². The van der Waals surface area contributed by atoms with E-state index in [0.29, 0.717) is 0 Å². The summed E-state index contributed by atoms with van der Waals surface area (Å²) in [6.07, 6.45) is 0. The number of para-hydroxylation sites is 7. The van der Waals surface area contributed by atoms with Gasteiger partial charge in [0.05, 0.1) is 71.7 Å². The van der Waals surface area contributed by atoms with Crippen LogP contribution < -0.4 is 0 Å². The highest BCUT2D eigenvalue weighted by molar-refractivity contribution is 6.23. The van der Waals surface area contributed by atoms with Gasteiger partial charge in [0, 0.05) is 93.2 Å². The fourth-order valence-electron chi connectivity index (χ4n) is 21.3. The first-order valence-corrected chi connectivity index (χ1v) is 39.9. The molecule has 0 amide bonds. The predicted octanol–water partition coefficient (Wildman–Crippen LogP) is 29.1. The van der Waals surface area contributed by atoms with Crippen molar-refractivity contribution in [2.45, 2.75) is 5.41 Å². The molecule has 7 nitrogen and oxygen atoms in total. The van der Waals surface area contributed by atoms with E-state index in [4.69, 9.17) is 13.3 Å². The third kappa shape index (κ3) is 8.14. The molecule has 1 spiro atoms. The molecular weight excluding hydrogens is 1410 g/mol. The molecule has 7 aromatic heterocycles. The van der Waals surface area contributed by atoms with E-state index in [1.54, 1.807) is 0 Å². The van der Waals surface area contributed by atoms with Crippen LogP contribution in [0.25, 0.3) is 231 Å². The van der Waals surface area contributed by atoms with Gasteiger partial charge >= 0.3 is 0 Å². The highest BCUT2D eigenvalue weighted by Gasteiger charge is 2.53. The van der Waals surface area contributed by atoms with Crippen molar-refractivity contribution in [2.75, 3.05) is 0 Å². The number of rotatable bonds is 7. The molecule has 18 aromatic carbocycles. The van der Waals surface area contributed by atoms with E-state index in [9.17, 15) is 0 Å². The number of nitrogens with zero attached hydrogens (tertiary/aromatic N) is 4. The van der Waals surface area contributed by atoms with E-state index in [1.807, 2.05) is 0 Å².